The van der Waals surface area contributed by atoms with Gasteiger partial charge in [-0.1, -0.05) is 0 Å². The Bertz CT molecular complexity index is 544. The zero-order valence-corrected chi connectivity index (χ0v) is 10.6. The highest BCUT2D eigenvalue weighted by Crippen LogP contribution is 2.25. The van der Waals surface area contributed by atoms with Crippen molar-refractivity contribution in [2.75, 3.05) is 18.0 Å². The van der Waals surface area contributed by atoms with Crippen molar-refractivity contribution in [1.82, 2.24) is 15.0 Å². The van der Waals surface area contributed by atoms with Crippen molar-refractivity contribution < 1.29 is 4.74 Å². The molecule has 2 unspecified atom stereocenters. The van der Waals surface area contributed by atoms with E-state index in [-0.39, 0.29) is 12.2 Å². The van der Waals surface area contributed by atoms with Crippen molar-refractivity contribution in [3.63, 3.8) is 0 Å². The van der Waals surface area contributed by atoms with Crippen LogP contribution in [0.1, 0.15) is 13.8 Å². The van der Waals surface area contributed by atoms with Crippen LogP contribution < -0.4 is 4.90 Å². The maximum Gasteiger partial charge on any atom is 0.180 e. The Morgan fingerprint density at radius 2 is 1.72 bits per heavy atom. The average molecular weight is 244 g/mol. The Morgan fingerprint density at radius 1 is 1.06 bits per heavy atom. The zero-order valence-electron chi connectivity index (χ0n) is 10.6. The summed E-state index contributed by atoms with van der Waals surface area (Å²) in [6.45, 7) is 5.94. The van der Waals surface area contributed by atoms with E-state index in [2.05, 4.69) is 33.7 Å². The molecule has 0 N–H and O–H groups in total. The Kier molecular flexibility index (Phi) is 2.83. The third-order valence-electron chi connectivity index (χ3n) is 3.11. The van der Waals surface area contributed by atoms with Gasteiger partial charge in [-0.2, -0.15) is 0 Å². The van der Waals surface area contributed by atoms with Gasteiger partial charge in [-0.15, -0.1) is 0 Å². The molecule has 0 aliphatic carbocycles. The summed E-state index contributed by atoms with van der Waals surface area (Å²) in [6.07, 6.45) is 5.63. The number of nitrogens with zero attached hydrogens (tertiary/aromatic N) is 4. The van der Waals surface area contributed by atoms with Gasteiger partial charge in [0.2, 0.25) is 0 Å². The summed E-state index contributed by atoms with van der Waals surface area (Å²) in [7, 11) is 0. The van der Waals surface area contributed by atoms with Crippen molar-refractivity contribution in [3.8, 4) is 0 Å². The Hall–Kier alpha value is -1.75. The second-order valence-electron chi connectivity index (χ2n) is 4.72. The lowest BCUT2D eigenvalue weighted by atomic mass is 10.2. The predicted molar refractivity (Wildman–Crippen MR) is 69.6 cm³/mol. The molecule has 1 fully saturated rings. The van der Waals surface area contributed by atoms with Gasteiger partial charge >= 0.3 is 0 Å². The molecular weight excluding hydrogens is 228 g/mol. The third kappa shape index (κ3) is 2.01. The van der Waals surface area contributed by atoms with Crippen molar-refractivity contribution in [1.29, 1.82) is 0 Å². The monoisotopic (exact) mass is 244 g/mol. The maximum atomic E-state index is 5.76. The molecule has 3 rings (SSSR count). The average Bonchev–Trinajstić information content (AvgIpc) is 2.37. The van der Waals surface area contributed by atoms with Crippen LogP contribution in [0.5, 0.6) is 0 Å². The van der Waals surface area contributed by atoms with Gasteiger partial charge in [0, 0.05) is 31.7 Å². The zero-order chi connectivity index (χ0) is 12.5. The van der Waals surface area contributed by atoms with Crippen LogP contribution in [0.4, 0.5) is 5.69 Å². The van der Waals surface area contributed by atoms with Gasteiger partial charge in [0.15, 0.2) is 5.65 Å². The fourth-order valence-corrected chi connectivity index (χ4v) is 2.49. The van der Waals surface area contributed by atoms with Crippen LogP contribution in [0.25, 0.3) is 11.2 Å². The standard InChI is InChI=1S/C13H16N4O/c1-9-7-17(8-10(2)18-9)11-3-4-15-13-12(11)14-5-6-16-13/h3-6,9-10H,7-8H2,1-2H3. The quantitative estimate of drug-likeness (QED) is 0.763. The van der Waals surface area contributed by atoms with Gasteiger partial charge in [-0.05, 0) is 19.9 Å². The van der Waals surface area contributed by atoms with E-state index in [1.807, 2.05) is 6.07 Å². The molecule has 18 heavy (non-hydrogen) atoms. The molecular formula is C13H16N4O. The summed E-state index contributed by atoms with van der Waals surface area (Å²) >= 11 is 0. The summed E-state index contributed by atoms with van der Waals surface area (Å²) in [5, 5.41) is 0. The number of ether oxygens (including phenoxy) is 1. The van der Waals surface area contributed by atoms with Crippen LogP contribution in [-0.4, -0.2) is 40.2 Å². The molecule has 0 bridgehead atoms. The molecule has 0 aromatic carbocycles. The predicted octanol–water partition coefficient (Wildman–Crippen LogP) is 1.64. The second-order valence-corrected chi connectivity index (χ2v) is 4.72. The molecule has 1 saturated heterocycles. The fraction of sp³-hybridized carbons (Fsp3) is 0.462. The van der Waals surface area contributed by atoms with Crippen LogP contribution in [0.2, 0.25) is 0 Å². The van der Waals surface area contributed by atoms with Crippen molar-refractivity contribution in [3.05, 3.63) is 24.7 Å². The van der Waals surface area contributed by atoms with Crippen LogP contribution >= 0.6 is 0 Å². The number of hydrogen-bond acceptors (Lipinski definition) is 5. The smallest absolute Gasteiger partial charge is 0.180 e. The molecule has 2 aromatic rings. The first-order valence-electron chi connectivity index (χ1n) is 6.20. The maximum absolute atomic E-state index is 5.76. The van der Waals surface area contributed by atoms with E-state index in [0.29, 0.717) is 5.65 Å². The molecule has 2 atom stereocenters. The van der Waals surface area contributed by atoms with E-state index >= 15 is 0 Å². The number of anilines is 1. The second kappa shape index (κ2) is 4.49. The number of fused-ring (bicyclic) bond motifs is 1. The van der Waals surface area contributed by atoms with Crippen LogP contribution in [0.3, 0.4) is 0 Å². The van der Waals surface area contributed by atoms with E-state index in [9.17, 15) is 0 Å². The number of rotatable bonds is 1. The van der Waals surface area contributed by atoms with Gasteiger partial charge in [0.1, 0.15) is 5.52 Å². The first-order chi connectivity index (χ1) is 8.74. The van der Waals surface area contributed by atoms with Crippen LogP contribution in [0, 0.1) is 0 Å². The molecule has 0 spiro atoms. The lowest BCUT2D eigenvalue weighted by molar-refractivity contribution is -0.00514. The third-order valence-corrected chi connectivity index (χ3v) is 3.11. The van der Waals surface area contributed by atoms with Gasteiger partial charge in [-0.25, -0.2) is 15.0 Å². The first kappa shape index (κ1) is 11.3. The van der Waals surface area contributed by atoms with E-state index in [1.54, 1.807) is 18.6 Å². The summed E-state index contributed by atoms with van der Waals surface area (Å²) in [4.78, 5) is 15.2. The van der Waals surface area contributed by atoms with Crippen LogP contribution in [0.15, 0.2) is 24.7 Å². The molecule has 94 valence electrons. The van der Waals surface area contributed by atoms with E-state index in [1.165, 1.54) is 0 Å². The minimum atomic E-state index is 0.230. The summed E-state index contributed by atoms with van der Waals surface area (Å²) in [5.41, 5.74) is 2.65. The fourth-order valence-electron chi connectivity index (χ4n) is 2.49. The molecule has 1 aliphatic rings. The normalized spacial score (nSPS) is 24.4. The largest absolute Gasteiger partial charge is 0.372 e. The van der Waals surface area contributed by atoms with Gasteiger partial charge in [-0.3, -0.25) is 0 Å². The number of morpholine rings is 1. The minimum absolute atomic E-state index is 0.230. The van der Waals surface area contributed by atoms with Crippen molar-refractivity contribution in [2.45, 2.75) is 26.1 Å². The van der Waals surface area contributed by atoms with Crippen LogP contribution in [-0.2, 0) is 4.74 Å². The highest BCUT2D eigenvalue weighted by molar-refractivity contribution is 5.85. The Balaban J connectivity index is 2.03. The summed E-state index contributed by atoms with van der Waals surface area (Å²) in [6, 6.07) is 2.00. The number of pyridine rings is 1. The molecule has 5 heteroatoms. The Labute approximate surface area is 106 Å². The molecule has 2 aromatic heterocycles. The van der Waals surface area contributed by atoms with E-state index in [0.717, 1.165) is 24.3 Å². The highest BCUT2D eigenvalue weighted by Gasteiger charge is 2.24. The van der Waals surface area contributed by atoms with Gasteiger partial charge < -0.3 is 9.64 Å². The summed E-state index contributed by atoms with van der Waals surface area (Å²) < 4.78 is 5.76. The van der Waals surface area contributed by atoms with Gasteiger partial charge in [0.25, 0.3) is 0 Å². The molecule has 0 saturated carbocycles. The molecule has 5 nitrogen and oxygen atoms in total. The lowest BCUT2D eigenvalue weighted by Gasteiger charge is -2.36. The summed E-state index contributed by atoms with van der Waals surface area (Å²) in [5.74, 6) is 0. The Morgan fingerprint density at radius 3 is 2.50 bits per heavy atom. The van der Waals surface area contributed by atoms with Crippen molar-refractivity contribution >= 4 is 16.9 Å². The minimum Gasteiger partial charge on any atom is -0.372 e. The van der Waals surface area contributed by atoms with Crippen molar-refractivity contribution in [2.24, 2.45) is 0 Å². The van der Waals surface area contributed by atoms with Gasteiger partial charge in [0.05, 0.1) is 17.9 Å². The molecule has 0 amide bonds. The number of hydrogen-bond donors (Lipinski definition) is 0. The SMILES string of the molecule is CC1CN(c2ccnc3nccnc23)CC(C)O1. The topological polar surface area (TPSA) is 51.1 Å². The first-order valence-corrected chi connectivity index (χ1v) is 6.20. The number of aromatic nitrogens is 3. The van der Waals surface area contributed by atoms with E-state index < -0.39 is 0 Å². The molecule has 1 aliphatic heterocycles. The lowest BCUT2D eigenvalue weighted by Crippen LogP contribution is -2.45. The highest BCUT2D eigenvalue weighted by atomic mass is 16.5. The van der Waals surface area contributed by atoms with E-state index in [4.69, 9.17) is 4.74 Å². The molecule has 3 heterocycles. The molecule has 0 radical (unpaired) electrons.